The van der Waals surface area contributed by atoms with Gasteiger partial charge in [0.25, 0.3) is 0 Å². The highest BCUT2D eigenvalue weighted by atomic mass is 15.0. The largest absolute Gasteiger partial charge is 0.308 e. The molecule has 2 aromatic heterocycles. The molecule has 0 N–H and O–H groups in total. The zero-order valence-corrected chi connectivity index (χ0v) is 32.7. The topological polar surface area (TPSA) is 78.3 Å². The van der Waals surface area contributed by atoms with Gasteiger partial charge in [-0.25, -0.2) is 9.97 Å². The van der Waals surface area contributed by atoms with Crippen LogP contribution in [0.2, 0.25) is 0 Å². The average molecular weight is 766 g/mol. The predicted octanol–water partition coefficient (Wildman–Crippen LogP) is 13.6. The number of nitriles is 2. The Labute approximate surface area is 348 Å². The molecule has 0 bridgehead atoms. The monoisotopic (exact) mass is 765 g/mol. The van der Waals surface area contributed by atoms with Gasteiger partial charge in [0.2, 0.25) is 0 Å². The Morgan fingerprint density at radius 3 is 1.57 bits per heavy atom. The summed E-state index contributed by atoms with van der Waals surface area (Å²) in [5.41, 5.74) is 15.5. The average Bonchev–Trinajstić information content (AvgIpc) is 3.65. The lowest BCUT2D eigenvalue weighted by atomic mass is 9.90. The molecule has 0 aliphatic heterocycles. The second-order valence-electron chi connectivity index (χ2n) is 14.9. The number of para-hydroxylation sites is 1. The van der Waals surface area contributed by atoms with Crippen molar-refractivity contribution in [2.45, 2.75) is 6.92 Å². The normalized spacial score (nSPS) is 11.1. The van der Waals surface area contributed by atoms with E-state index < -0.39 is 0 Å². The highest BCUT2D eigenvalue weighted by Gasteiger charge is 2.23. The smallest absolute Gasteiger partial charge is 0.160 e. The second-order valence-corrected chi connectivity index (χ2v) is 14.9. The molecule has 0 saturated carbocycles. The minimum Gasteiger partial charge on any atom is -0.308 e. The molecule has 0 fully saturated rings. The van der Waals surface area contributed by atoms with Crippen molar-refractivity contribution in [1.29, 1.82) is 10.5 Å². The van der Waals surface area contributed by atoms with Crippen LogP contribution in [0, 0.1) is 29.6 Å². The summed E-state index contributed by atoms with van der Waals surface area (Å²) in [7, 11) is 0. The highest BCUT2D eigenvalue weighted by molar-refractivity contribution is 6.12. The molecule has 0 unspecified atom stereocenters. The minimum atomic E-state index is 0.557. The van der Waals surface area contributed by atoms with Crippen LogP contribution in [0.4, 0.5) is 0 Å². The molecule has 0 radical (unpaired) electrons. The lowest BCUT2D eigenvalue weighted by molar-refractivity contribution is 1.17. The molecule has 0 spiro atoms. The third-order valence-electron chi connectivity index (χ3n) is 11.1. The summed E-state index contributed by atoms with van der Waals surface area (Å²) >= 11 is 0. The number of hydrogen-bond donors (Lipinski definition) is 0. The van der Waals surface area contributed by atoms with Crippen LogP contribution in [0.3, 0.4) is 0 Å². The van der Waals surface area contributed by atoms with Crippen LogP contribution in [0.25, 0.3) is 94.8 Å². The third kappa shape index (κ3) is 6.57. The van der Waals surface area contributed by atoms with Crippen LogP contribution in [-0.2, 0) is 0 Å². The molecule has 5 nitrogen and oxygen atoms in total. The van der Waals surface area contributed by atoms with Crippen molar-refractivity contribution in [2.75, 3.05) is 0 Å². The molecule has 0 saturated heterocycles. The standard InChI is InChI=1S/C55H35N5/c1-36-22-24-39(25-23-36)42-26-27-53-49(30-42)46-20-8-9-21-52(46)60(53)54-47(43-18-10-12-37(28-43)34-56)31-45(32-48(54)44-19-11-13-38(29-44)35-57)51-33-50(40-14-4-2-5-15-40)58-55(59-51)41-16-6-3-7-17-41/h2-33H,1H3. The number of fused-ring (bicyclic) bond motifs is 3. The summed E-state index contributed by atoms with van der Waals surface area (Å²) < 4.78 is 2.35. The van der Waals surface area contributed by atoms with Crippen LogP contribution < -0.4 is 0 Å². The van der Waals surface area contributed by atoms with Crippen LogP contribution in [-0.4, -0.2) is 14.5 Å². The van der Waals surface area contributed by atoms with E-state index in [0.717, 1.165) is 89.0 Å². The fraction of sp³-hybridized carbons (Fsp3) is 0.0182. The van der Waals surface area contributed by atoms with Crippen LogP contribution in [0.1, 0.15) is 16.7 Å². The van der Waals surface area contributed by atoms with Crippen molar-refractivity contribution >= 4 is 21.8 Å². The maximum atomic E-state index is 10.2. The van der Waals surface area contributed by atoms with Crippen molar-refractivity contribution in [1.82, 2.24) is 14.5 Å². The van der Waals surface area contributed by atoms with E-state index in [4.69, 9.17) is 9.97 Å². The van der Waals surface area contributed by atoms with Gasteiger partial charge in [0.05, 0.1) is 51.4 Å². The van der Waals surface area contributed by atoms with Gasteiger partial charge in [0.1, 0.15) is 0 Å². The fourth-order valence-corrected chi connectivity index (χ4v) is 8.18. The van der Waals surface area contributed by atoms with Gasteiger partial charge >= 0.3 is 0 Å². The Morgan fingerprint density at radius 2 is 0.933 bits per heavy atom. The molecule has 0 atom stereocenters. The van der Waals surface area contributed by atoms with E-state index in [1.165, 1.54) is 5.56 Å². The van der Waals surface area contributed by atoms with E-state index in [9.17, 15) is 10.5 Å². The third-order valence-corrected chi connectivity index (χ3v) is 11.1. The molecule has 5 heteroatoms. The molecule has 2 heterocycles. The number of aryl methyl sites for hydroxylation is 1. The maximum Gasteiger partial charge on any atom is 0.160 e. The van der Waals surface area contributed by atoms with Gasteiger partial charge < -0.3 is 4.57 Å². The molecular formula is C55H35N5. The number of nitrogens with zero attached hydrogens (tertiary/aromatic N) is 5. The Morgan fingerprint density at radius 1 is 0.400 bits per heavy atom. The van der Waals surface area contributed by atoms with Crippen LogP contribution in [0.5, 0.6) is 0 Å². The quantitative estimate of drug-likeness (QED) is 0.162. The minimum absolute atomic E-state index is 0.557. The van der Waals surface area contributed by atoms with E-state index >= 15 is 0 Å². The summed E-state index contributed by atoms with van der Waals surface area (Å²) in [4.78, 5) is 10.3. The molecule has 10 rings (SSSR count). The number of rotatable bonds is 7. The van der Waals surface area contributed by atoms with Gasteiger partial charge in [-0.3, -0.25) is 0 Å². The van der Waals surface area contributed by atoms with Gasteiger partial charge in [-0.15, -0.1) is 0 Å². The first-order chi connectivity index (χ1) is 29.5. The highest BCUT2D eigenvalue weighted by Crippen LogP contribution is 2.45. The Kier molecular flexibility index (Phi) is 9.10. The molecule has 0 aliphatic carbocycles. The number of hydrogen-bond acceptors (Lipinski definition) is 4. The summed E-state index contributed by atoms with van der Waals surface area (Å²) in [5.74, 6) is 0.615. The molecule has 0 aliphatic rings. The molecule has 280 valence electrons. The zero-order chi connectivity index (χ0) is 40.6. The van der Waals surface area contributed by atoms with Crippen LogP contribution in [0.15, 0.2) is 194 Å². The van der Waals surface area contributed by atoms with Gasteiger partial charge in [-0.05, 0) is 89.8 Å². The van der Waals surface area contributed by atoms with Gasteiger partial charge in [-0.2, -0.15) is 10.5 Å². The predicted molar refractivity (Wildman–Crippen MR) is 243 cm³/mol. The van der Waals surface area contributed by atoms with E-state index in [1.54, 1.807) is 0 Å². The summed E-state index contributed by atoms with van der Waals surface area (Å²) in [6.07, 6.45) is 0. The van der Waals surface area contributed by atoms with Gasteiger partial charge in [-0.1, -0.05) is 139 Å². The number of aromatic nitrogens is 3. The summed E-state index contributed by atoms with van der Waals surface area (Å²) in [5, 5.41) is 22.6. The lowest BCUT2D eigenvalue weighted by Crippen LogP contribution is -2.03. The van der Waals surface area contributed by atoms with Gasteiger partial charge in [0, 0.05) is 38.6 Å². The maximum absolute atomic E-state index is 10.2. The Hall–Kier alpha value is -8.38. The van der Waals surface area contributed by atoms with E-state index in [1.807, 2.05) is 84.9 Å². The van der Waals surface area contributed by atoms with Crippen molar-refractivity contribution < 1.29 is 0 Å². The Bertz CT molecular complexity index is 3200. The van der Waals surface area contributed by atoms with Crippen molar-refractivity contribution in [3.63, 3.8) is 0 Å². The van der Waals surface area contributed by atoms with E-state index in [0.29, 0.717) is 17.0 Å². The molecule has 8 aromatic carbocycles. The number of benzene rings is 8. The summed E-state index contributed by atoms with van der Waals surface area (Å²) in [6.45, 7) is 2.11. The molecule has 10 aromatic rings. The lowest BCUT2D eigenvalue weighted by Gasteiger charge is -2.21. The Balaban J connectivity index is 1.33. The molecule has 0 amide bonds. The van der Waals surface area contributed by atoms with E-state index in [-0.39, 0.29) is 0 Å². The van der Waals surface area contributed by atoms with Crippen molar-refractivity contribution in [3.05, 3.63) is 211 Å². The summed E-state index contributed by atoms with van der Waals surface area (Å²) in [6, 6.07) is 70.8. The molecular weight excluding hydrogens is 731 g/mol. The zero-order valence-electron chi connectivity index (χ0n) is 32.7. The van der Waals surface area contributed by atoms with Gasteiger partial charge in [0.15, 0.2) is 5.82 Å². The SMILES string of the molecule is Cc1ccc(-c2ccc3c(c2)c2ccccc2n3-c2c(-c3cccc(C#N)c3)cc(-c3cc(-c4ccccc4)nc(-c4ccccc4)n3)cc2-c2cccc(C#N)c2)cc1. The van der Waals surface area contributed by atoms with Crippen LogP contribution >= 0.6 is 0 Å². The fourth-order valence-electron chi connectivity index (χ4n) is 8.18. The van der Waals surface area contributed by atoms with E-state index in [2.05, 4.69) is 133 Å². The van der Waals surface area contributed by atoms with Crippen molar-refractivity contribution in [2.24, 2.45) is 0 Å². The van der Waals surface area contributed by atoms with Crippen molar-refractivity contribution in [3.8, 4) is 85.1 Å². The molecule has 60 heavy (non-hydrogen) atoms. The first-order valence-corrected chi connectivity index (χ1v) is 19.8. The first-order valence-electron chi connectivity index (χ1n) is 19.8. The second kappa shape index (κ2) is 15.2. The first kappa shape index (κ1) is 36.0.